The van der Waals surface area contributed by atoms with E-state index in [-0.39, 0.29) is 11.7 Å². The van der Waals surface area contributed by atoms with Gasteiger partial charge in [0.15, 0.2) is 5.69 Å². The fraction of sp³-hybridized carbons (Fsp3) is 0.407. The average molecular weight is 479 g/mol. The molecule has 5 rings (SSSR count). The molecular weight excluding hydrogens is 447 g/mol. The number of aromatic nitrogens is 2. The number of β-amino-alcohol motifs (C(OH)–C–C–N with tert-alkyl or cyclic N) is 1. The number of piperidine rings is 1. The molecule has 1 fully saturated rings. The van der Waals surface area contributed by atoms with Crippen molar-refractivity contribution in [2.24, 2.45) is 0 Å². The van der Waals surface area contributed by atoms with Crippen LogP contribution in [0.25, 0.3) is 0 Å². The number of hydrogen-bond donors (Lipinski definition) is 1. The number of likely N-dealkylation sites (tertiary alicyclic amines) is 1. The third-order valence-electron chi connectivity index (χ3n) is 6.86. The van der Waals surface area contributed by atoms with E-state index in [0.717, 1.165) is 47.5 Å². The molecule has 1 atom stereocenters. The SMILES string of the molecule is COc1cccc(Cn2nc(C(=O)N3CCC[C@H](O)C3)c3c2CCN(Cc2cccc(F)c2)C3)c1. The number of hydrogen-bond acceptors (Lipinski definition) is 5. The maximum Gasteiger partial charge on any atom is 0.274 e. The highest BCUT2D eigenvalue weighted by atomic mass is 19.1. The zero-order valence-electron chi connectivity index (χ0n) is 20.0. The van der Waals surface area contributed by atoms with Crippen LogP contribution >= 0.6 is 0 Å². The van der Waals surface area contributed by atoms with Crippen molar-refractivity contribution < 1.29 is 19.0 Å². The minimum absolute atomic E-state index is 0.128. The van der Waals surface area contributed by atoms with Crippen molar-refractivity contribution in [1.29, 1.82) is 0 Å². The zero-order chi connectivity index (χ0) is 24.4. The Labute approximate surface area is 204 Å². The molecule has 3 heterocycles. The van der Waals surface area contributed by atoms with Crippen molar-refractivity contribution in [3.8, 4) is 5.75 Å². The topological polar surface area (TPSA) is 70.8 Å². The van der Waals surface area contributed by atoms with Gasteiger partial charge in [0.2, 0.25) is 0 Å². The number of carbonyl (C=O) groups is 1. The molecule has 35 heavy (non-hydrogen) atoms. The van der Waals surface area contributed by atoms with Crippen LogP contribution in [0.2, 0.25) is 0 Å². The van der Waals surface area contributed by atoms with E-state index in [0.29, 0.717) is 44.8 Å². The highest BCUT2D eigenvalue weighted by Gasteiger charge is 2.32. The smallest absolute Gasteiger partial charge is 0.274 e. The number of ether oxygens (including phenoxy) is 1. The molecule has 0 saturated carbocycles. The Hall–Kier alpha value is -3.23. The lowest BCUT2D eigenvalue weighted by Crippen LogP contribution is -2.43. The zero-order valence-corrected chi connectivity index (χ0v) is 20.0. The maximum atomic E-state index is 13.7. The Morgan fingerprint density at radius 3 is 2.71 bits per heavy atom. The summed E-state index contributed by atoms with van der Waals surface area (Å²) in [6, 6.07) is 14.5. The number of rotatable bonds is 6. The molecule has 0 spiro atoms. The molecule has 0 unspecified atom stereocenters. The van der Waals surface area contributed by atoms with E-state index < -0.39 is 6.10 Å². The van der Waals surface area contributed by atoms with Crippen LogP contribution in [-0.4, -0.2) is 63.4 Å². The second-order valence-electron chi connectivity index (χ2n) is 9.42. The van der Waals surface area contributed by atoms with Gasteiger partial charge in [-0.1, -0.05) is 24.3 Å². The summed E-state index contributed by atoms with van der Waals surface area (Å²) in [6.45, 7) is 3.47. The molecule has 1 aromatic heterocycles. The summed E-state index contributed by atoms with van der Waals surface area (Å²) >= 11 is 0. The van der Waals surface area contributed by atoms with E-state index in [1.165, 1.54) is 6.07 Å². The molecule has 8 heteroatoms. The van der Waals surface area contributed by atoms with E-state index in [4.69, 9.17) is 9.84 Å². The third kappa shape index (κ3) is 5.23. The molecule has 7 nitrogen and oxygen atoms in total. The van der Waals surface area contributed by atoms with Crippen LogP contribution in [0.1, 0.15) is 45.7 Å². The number of amides is 1. The van der Waals surface area contributed by atoms with Crippen LogP contribution in [0.15, 0.2) is 48.5 Å². The minimum atomic E-state index is -0.494. The van der Waals surface area contributed by atoms with Crippen molar-refractivity contribution in [1.82, 2.24) is 19.6 Å². The van der Waals surface area contributed by atoms with Crippen molar-refractivity contribution in [3.63, 3.8) is 0 Å². The van der Waals surface area contributed by atoms with Crippen LogP contribution in [0.5, 0.6) is 5.75 Å². The number of halogens is 1. The van der Waals surface area contributed by atoms with Gasteiger partial charge in [-0.25, -0.2) is 4.39 Å². The summed E-state index contributed by atoms with van der Waals surface area (Å²) in [5.41, 5.74) is 4.40. The number of methoxy groups -OCH3 is 1. The standard InChI is InChI=1S/C27H31FN4O3/c1-35-23-9-3-6-20(14-23)16-32-25-10-12-30(15-19-5-2-7-21(28)13-19)18-24(25)26(29-32)27(34)31-11-4-8-22(33)17-31/h2-3,5-7,9,13-14,22,33H,4,8,10-12,15-18H2,1H3/t22-/m0/s1. The van der Waals surface area contributed by atoms with Gasteiger partial charge in [-0.3, -0.25) is 14.4 Å². The van der Waals surface area contributed by atoms with Gasteiger partial charge in [-0.05, 0) is 48.2 Å². The molecule has 184 valence electrons. The maximum absolute atomic E-state index is 13.7. The van der Waals surface area contributed by atoms with Crippen molar-refractivity contribution in [2.75, 3.05) is 26.7 Å². The Kier molecular flexibility index (Phi) is 6.83. The van der Waals surface area contributed by atoms with Crippen LogP contribution < -0.4 is 4.74 Å². The van der Waals surface area contributed by atoms with Gasteiger partial charge in [-0.2, -0.15) is 5.10 Å². The number of fused-ring (bicyclic) bond motifs is 1. The van der Waals surface area contributed by atoms with E-state index in [9.17, 15) is 14.3 Å². The first-order chi connectivity index (χ1) is 17.0. The van der Waals surface area contributed by atoms with E-state index in [2.05, 4.69) is 4.90 Å². The Morgan fingerprint density at radius 1 is 1.14 bits per heavy atom. The molecule has 2 aliphatic heterocycles. The largest absolute Gasteiger partial charge is 0.497 e. The van der Waals surface area contributed by atoms with Gasteiger partial charge < -0.3 is 14.7 Å². The second kappa shape index (κ2) is 10.2. The van der Waals surface area contributed by atoms with Crippen LogP contribution in [0, 0.1) is 5.82 Å². The van der Waals surface area contributed by atoms with Crippen molar-refractivity contribution in [3.05, 3.63) is 82.4 Å². The summed E-state index contributed by atoms with van der Waals surface area (Å²) in [5, 5.41) is 14.9. The van der Waals surface area contributed by atoms with E-state index in [1.807, 2.05) is 35.0 Å². The molecule has 2 aromatic carbocycles. The van der Waals surface area contributed by atoms with E-state index in [1.54, 1.807) is 24.1 Å². The van der Waals surface area contributed by atoms with Crippen molar-refractivity contribution >= 4 is 5.91 Å². The normalized spacial score (nSPS) is 18.4. The van der Waals surface area contributed by atoms with Gasteiger partial charge in [0.25, 0.3) is 5.91 Å². The van der Waals surface area contributed by atoms with Crippen molar-refractivity contribution in [2.45, 2.75) is 45.0 Å². The first kappa shape index (κ1) is 23.5. The van der Waals surface area contributed by atoms with Gasteiger partial charge >= 0.3 is 0 Å². The predicted molar refractivity (Wildman–Crippen MR) is 130 cm³/mol. The number of carbonyl (C=O) groups excluding carboxylic acids is 1. The van der Waals surface area contributed by atoms with Gasteiger partial charge in [0, 0.05) is 50.4 Å². The first-order valence-corrected chi connectivity index (χ1v) is 12.2. The van der Waals surface area contributed by atoms with Gasteiger partial charge in [-0.15, -0.1) is 0 Å². The summed E-state index contributed by atoms with van der Waals surface area (Å²) in [4.78, 5) is 17.5. The molecule has 1 amide bonds. The minimum Gasteiger partial charge on any atom is -0.497 e. The lowest BCUT2D eigenvalue weighted by molar-refractivity contribution is 0.0466. The number of nitrogens with zero attached hydrogens (tertiary/aromatic N) is 4. The van der Waals surface area contributed by atoms with E-state index >= 15 is 0 Å². The Morgan fingerprint density at radius 2 is 1.94 bits per heavy atom. The Bertz CT molecular complexity index is 1210. The number of aliphatic hydroxyl groups excluding tert-OH is 1. The monoisotopic (exact) mass is 478 g/mol. The lowest BCUT2D eigenvalue weighted by Gasteiger charge is -2.31. The van der Waals surface area contributed by atoms with Crippen LogP contribution in [0.4, 0.5) is 4.39 Å². The highest BCUT2D eigenvalue weighted by Crippen LogP contribution is 2.27. The fourth-order valence-corrected chi connectivity index (χ4v) is 5.11. The molecular formula is C27H31FN4O3. The second-order valence-corrected chi connectivity index (χ2v) is 9.42. The highest BCUT2D eigenvalue weighted by molar-refractivity contribution is 5.94. The summed E-state index contributed by atoms with van der Waals surface area (Å²) in [7, 11) is 1.64. The number of aliphatic hydroxyl groups is 1. The quantitative estimate of drug-likeness (QED) is 0.589. The molecule has 0 aliphatic carbocycles. The van der Waals surface area contributed by atoms with Crippen LogP contribution in [0.3, 0.4) is 0 Å². The molecule has 0 bridgehead atoms. The molecule has 2 aliphatic rings. The van der Waals surface area contributed by atoms with Crippen LogP contribution in [-0.2, 0) is 26.1 Å². The van der Waals surface area contributed by atoms with Gasteiger partial charge in [0.1, 0.15) is 11.6 Å². The van der Waals surface area contributed by atoms with Gasteiger partial charge in [0.05, 0.1) is 19.8 Å². The molecule has 1 saturated heterocycles. The summed E-state index contributed by atoms with van der Waals surface area (Å²) in [5.74, 6) is 0.409. The fourth-order valence-electron chi connectivity index (χ4n) is 5.11. The average Bonchev–Trinajstić information content (AvgIpc) is 3.21. The number of benzene rings is 2. The first-order valence-electron chi connectivity index (χ1n) is 12.2. The molecule has 3 aromatic rings. The summed E-state index contributed by atoms with van der Waals surface area (Å²) < 4.78 is 21.0. The third-order valence-corrected chi connectivity index (χ3v) is 6.86. The molecule has 1 N–H and O–H groups in total. The Balaban J connectivity index is 1.45. The molecule has 0 radical (unpaired) electrons. The summed E-state index contributed by atoms with van der Waals surface area (Å²) in [6.07, 6.45) is 1.75. The predicted octanol–water partition coefficient (Wildman–Crippen LogP) is 3.23. The lowest BCUT2D eigenvalue weighted by atomic mass is 10.0.